The number of hydrogen-bond donors (Lipinski definition) is 1. The van der Waals surface area contributed by atoms with E-state index in [1.165, 1.54) is 29.5 Å². The Morgan fingerprint density at radius 1 is 1.05 bits per heavy atom. The summed E-state index contributed by atoms with van der Waals surface area (Å²) < 4.78 is 0. The molecule has 104 valence electrons. The maximum Gasteiger partial charge on any atom is 0.159 e. The van der Waals surface area contributed by atoms with Gasteiger partial charge in [-0.25, -0.2) is 9.97 Å². The molecule has 2 aromatic rings. The Morgan fingerprint density at radius 2 is 1.75 bits per heavy atom. The lowest BCUT2D eigenvalue weighted by molar-refractivity contribution is 0.459. The molecule has 1 saturated heterocycles. The average Bonchev–Trinajstić information content (AvgIpc) is 2.51. The predicted octanol–water partition coefficient (Wildman–Crippen LogP) is 3.23. The molecule has 0 radical (unpaired) electrons. The number of nitrogens with zero attached hydrogens (tertiary/aromatic N) is 2. The van der Waals surface area contributed by atoms with Crippen molar-refractivity contribution in [1.82, 2.24) is 15.3 Å². The van der Waals surface area contributed by atoms with E-state index in [0.29, 0.717) is 5.92 Å². The van der Waals surface area contributed by atoms with Crippen molar-refractivity contribution in [2.45, 2.75) is 32.6 Å². The van der Waals surface area contributed by atoms with Crippen molar-refractivity contribution in [2.75, 3.05) is 13.1 Å². The fraction of sp³-hybridized carbons (Fsp3) is 0.412. The maximum absolute atomic E-state index is 4.59. The Morgan fingerprint density at radius 3 is 2.45 bits per heavy atom. The van der Waals surface area contributed by atoms with Crippen LogP contribution in [0.5, 0.6) is 0 Å². The second-order valence-electron chi connectivity index (χ2n) is 5.61. The highest BCUT2D eigenvalue weighted by Crippen LogP contribution is 2.26. The summed E-state index contributed by atoms with van der Waals surface area (Å²) in [4.78, 5) is 9.19. The van der Waals surface area contributed by atoms with Crippen LogP contribution in [0, 0.1) is 13.8 Å². The minimum atomic E-state index is 0.615. The molecule has 1 fully saturated rings. The van der Waals surface area contributed by atoms with Gasteiger partial charge in [-0.15, -0.1) is 0 Å². The highest BCUT2D eigenvalue weighted by Gasteiger charge is 2.16. The van der Waals surface area contributed by atoms with Crippen LogP contribution in [0.25, 0.3) is 11.4 Å². The van der Waals surface area contributed by atoms with E-state index in [-0.39, 0.29) is 0 Å². The Kier molecular flexibility index (Phi) is 3.79. The molecule has 0 spiro atoms. The summed E-state index contributed by atoms with van der Waals surface area (Å²) in [5.41, 5.74) is 4.97. The average molecular weight is 267 g/mol. The smallest absolute Gasteiger partial charge is 0.159 e. The monoisotopic (exact) mass is 267 g/mol. The zero-order valence-corrected chi connectivity index (χ0v) is 12.2. The van der Waals surface area contributed by atoms with Gasteiger partial charge in [0.15, 0.2) is 5.82 Å². The fourth-order valence-corrected chi connectivity index (χ4v) is 2.84. The van der Waals surface area contributed by atoms with Crippen molar-refractivity contribution in [2.24, 2.45) is 0 Å². The molecule has 1 N–H and O–H groups in total. The van der Waals surface area contributed by atoms with Crippen LogP contribution >= 0.6 is 0 Å². The molecule has 0 aliphatic carbocycles. The Labute approximate surface area is 120 Å². The molecule has 0 amide bonds. The van der Waals surface area contributed by atoms with E-state index in [4.69, 9.17) is 0 Å². The number of hydrogen-bond acceptors (Lipinski definition) is 3. The van der Waals surface area contributed by atoms with Gasteiger partial charge in [0.1, 0.15) is 0 Å². The van der Waals surface area contributed by atoms with Gasteiger partial charge in [0.05, 0.1) is 0 Å². The van der Waals surface area contributed by atoms with Crippen LogP contribution in [-0.4, -0.2) is 23.1 Å². The second-order valence-corrected chi connectivity index (χ2v) is 5.61. The molecule has 1 aromatic carbocycles. The predicted molar refractivity (Wildman–Crippen MR) is 81.8 cm³/mol. The third kappa shape index (κ3) is 2.59. The summed E-state index contributed by atoms with van der Waals surface area (Å²) in [6, 6.07) is 6.30. The van der Waals surface area contributed by atoms with E-state index in [1.54, 1.807) is 0 Å². The van der Waals surface area contributed by atoms with Crippen LogP contribution < -0.4 is 5.32 Å². The van der Waals surface area contributed by atoms with Gasteiger partial charge in [0.2, 0.25) is 0 Å². The summed E-state index contributed by atoms with van der Waals surface area (Å²) in [5, 5.41) is 3.39. The van der Waals surface area contributed by atoms with Gasteiger partial charge in [-0.3, -0.25) is 0 Å². The Bertz CT molecular complexity index is 584. The largest absolute Gasteiger partial charge is 0.317 e. The highest BCUT2D eigenvalue weighted by molar-refractivity contribution is 5.61. The number of rotatable bonds is 2. The number of piperidine rings is 1. The van der Waals surface area contributed by atoms with Gasteiger partial charge in [-0.2, -0.15) is 0 Å². The molecule has 1 aromatic heterocycles. The second kappa shape index (κ2) is 5.71. The lowest BCUT2D eigenvalue weighted by atomic mass is 9.92. The first-order valence-electron chi connectivity index (χ1n) is 7.35. The van der Waals surface area contributed by atoms with Crippen molar-refractivity contribution in [3.05, 3.63) is 47.3 Å². The fourth-order valence-electron chi connectivity index (χ4n) is 2.84. The van der Waals surface area contributed by atoms with E-state index < -0.39 is 0 Å². The topological polar surface area (TPSA) is 37.8 Å². The Balaban J connectivity index is 1.87. The van der Waals surface area contributed by atoms with Crippen molar-refractivity contribution >= 4 is 0 Å². The van der Waals surface area contributed by atoms with Crippen LogP contribution in [0.4, 0.5) is 0 Å². The molecular formula is C17H21N3. The number of benzene rings is 1. The SMILES string of the molecule is Cc1cccc(-c2ncc(C3CCNCC3)cn2)c1C. The van der Waals surface area contributed by atoms with Gasteiger partial charge in [-0.05, 0) is 62.4 Å². The maximum atomic E-state index is 4.59. The van der Waals surface area contributed by atoms with Crippen LogP contribution in [-0.2, 0) is 0 Å². The molecule has 3 heteroatoms. The van der Waals surface area contributed by atoms with Gasteiger partial charge in [0, 0.05) is 18.0 Å². The first kappa shape index (κ1) is 13.3. The minimum absolute atomic E-state index is 0.615. The van der Waals surface area contributed by atoms with Crippen molar-refractivity contribution in [3.63, 3.8) is 0 Å². The van der Waals surface area contributed by atoms with E-state index >= 15 is 0 Å². The van der Waals surface area contributed by atoms with Crippen LogP contribution in [0.3, 0.4) is 0 Å². The van der Waals surface area contributed by atoms with Crippen molar-refractivity contribution in [3.8, 4) is 11.4 Å². The van der Waals surface area contributed by atoms with E-state index in [1.807, 2.05) is 12.4 Å². The quantitative estimate of drug-likeness (QED) is 0.907. The molecule has 0 saturated carbocycles. The highest BCUT2D eigenvalue weighted by atomic mass is 14.9. The minimum Gasteiger partial charge on any atom is -0.317 e. The number of aromatic nitrogens is 2. The van der Waals surface area contributed by atoms with Crippen LogP contribution in [0.15, 0.2) is 30.6 Å². The molecule has 1 aliphatic heterocycles. The van der Waals surface area contributed by atoms with Crippen molar-refractivity contribution < 1.29 is 0 Å². The van der Waals surface area contributed by atoms with E-state index in [2.05, 4.69) is 47.3 Å². The molecule has 3 rings (SSSR count). The molecule has 3 nitrogen and oxygen atoms in total. The standard InChI is InChI=1S/C17H21N3/c1-12-4-3-5-16(13(12)2)17-19-10-15(11-20-17)14-6-8-18-9-7-14/h3-5,10-11,14,18H,6-9H2,1-2H3. The van der Waals surface area contributed by atoms with Gasteiger partial charge < -0.3 is 5.32 Å². The lowest BCUT2D eigenvalue weighted by Crippen LogP contribution is -2.26. The van der Waals surface area contributed by atoms with Gasteiger partial charge >= 0.3 is 0 Å². The van der Waals surface area contributed by atoms with E-state index in [9.17, 15) is 0 Å². The zero-order valence-electron chi connectivity index (χ0n) is 12.2. The van der Waals surface area contributed by atoms with Crippen LogP contribution in [0.2, 0.25) is 0 Å². The number of aryl methyl sites for hydroxylation is 1. The van der Waals surface area contributed by atoms with Crippen LogP contribution in [0.1, 0.15) is 35.4 Å². The number of nitrogens with one attached hydrogen (secondary N) is 1. The molecule has 0 atom stereocenters. The summed E-state index contributed by atoms with van der Waals surface area (Å²) in [6.45, 7) is 6.46. The van der Waals surface area contributed by atoms with Crippen molar-refractivity contribution in [1.29, 1.82) is 0 Å². The van der Waals surface area contributed by atoms with Gasteiger partial charge in [0.25, 0.3) is 0 Å². The summed E-state index contributed by atoms with van der Waals surface area (Å²) in [5.74, 6) is 1.45. The first-order valence-corrected chi connectivity index (χ1v) is 7.35. The summed E-state index contributed by atoms with van der Waals surface area (Å²) in [7, 11) is 0. The normalized spacial score (nSPS) is 16.3. The van der Waals surface area contributed by atoms with E-state index in [0.717, 1.165) is 24.5 Å². The summed E-state index contributed by atoms with van der Waals surface area (Å²) >= 11 is 0. The summed E-state index contributed by atoms with van der Waals surface area (Å²) in [6.07, 6.45) is 6.40. The molecule has 20 heavy (non-hydrogen) atoms. The van der Waals surface area contributed by atoms with Gasteiger partial charge in [-0.1, -0.05) is 18.2 Å². The molecular weight excluding hydrogens is 246 g/mol. The molecule has 0 unspecified atom stereocenters. The third-order valence-electron chi connectivity index (χ3n) is 4.33. The lowest BCUT2D eigenvalue weighted by Gasteiger charge is -2.22. The zero-order chi connectivity index (χ0) is 13.9. The molecule has 0 bridgehead atoms. The molecule has 1 aliphatic rings. The Hall–Kier alpha value is -1.74. The third-order valence-corrected chi connectivity index (χ3v) is 4.33. The molecule has 2 heterocycles. The first-order chi connectivity index (χ1) is 9.75.